The van der Waals surface area contributed by atoms with Crippen LogP contribution in [0, 0.1) is 0 Å². The highest BCUT2D eigenvalue weighted by molar-refractivity contribution is 6.05. The number of H-pyrrole nitrogens is 1. The molecule has 0 saturated carbocycles. The fraction of sp³-hybridized carbons (Fsp3) is 0.278. The molecular weight excluding hydrogens is 330 g/mol. The van der Waals surface area contributed by atoms with Gasteiger partial charge in [-0.25, -0.2) is 9.97 Å². The summed E-state index contributed by atoms with van der Waals surface area (Å²) < 4.78 is 0. The lowest BCUT2D eigenvalue weighted by atomic mass is 9.97. The number of carbonyl (C=O) groups is 1. The Balaban J connectivity index is 1.48. The molecule has 3 aromatic rings. The van der Waals surface area contributed by atoms with Crippen molar-refractivity contribution in [3.8, 4) is 11.4 Å². The van der Waals surface area contributed by atoms with Gasteiger partial charge in [0.2, 0.25) is 0 Å². The molecule has 3 N–H and O–H groups in total. The third-order valence-electron chi connectivity index (χ3n) is 4.45. The van der Waals surface area contributed by atoms with E-state index in [0.717, 1.165) is 31.8 Å². The summed E-state index contributed by atoms with van der Waals surface area (Å²) >= 11 is 0. The Morgan fingerprint density at radius 1 is 1.08 bits per heavy atom. The maximum Gasteiger partial charge on any atom is 0.258 e. The number of anilines is 1. The summed E-state index contributed by atoms with van der Waals surface area (Å²) in [7, 11) is 0. The van der Waals surface area contributed by atoms with Crippen molar-refractivity contribution in [1.29, 1.82) is 0 Å². The van der Waals surface area contributed by atoms with E-state index in [1.165, 1.54) is 0 Å². The van der Waals surface area contributed by atoms with E-state index < -0.39 is 0 Å². The second kappa shape index (κ2) is 7.40. The number of pyridine rings is 1. The summed E-state index contributed by atoms with van der Waals surface area (Å²) in [6, 6.07) is 5.56. The molecule has 1 saturated heterocycles. The number of aromatic amines is 1. The highest BCUT2D eigenvalue weighted by atomic mass is 16.1. The molecule has 1 aliphatic rings. The quantitative estimate of drug-likeness (QED) is 0.665. The maximum absolute atomic E-state index is 12.5. The van der Waals surface area contributed by atoms with Crippen LogP contribution in [0.2, 0.25) is 0 Å². The standard InChI is InChI=1S/C18H19N7O/c26-18(13-9-21-17(22-10-13)12-4-7-19-8-5-12)24-15-11-23-25-16(15)14-3-1-2-6-20-14/h1-3,6,9-12,19H,4-5,7-8H2,(H,23,25)(H,24,26). The number of hydrogen-bond acceptors (Lipinski definition) is 6. The second-order valence-corrected chi connectivity index (χ2v) is 6.18. The Kier molecular flexibility index (Phi) is 4.65. The van der Waals surface area contributed by atoms with Crippen molar-refractivity contribution in [2.45, 2.75) is 18.8 Å². The second-order valence-electron chi connectivity index (χ2n) is 6.18. The normalized spacial score (nSPS) is 14.9. The lowest BCUT2D eigenvalue weighted by Crippen LogP contribution is -2.27. The molecule has 0 unspecified atom stereocenters. The predicted molar refractivity (Wildman–Crippen MR) is 96.6 cm³/mol. The van der Waals surface area contributed by atoms with Crippen molar-refractivity contribution in [3.63, 3.8) is 0 Å². The van der Waals surface area contributed by atoms with E-state index in [-0.39, 0.29) is 5.91 Å². The molecule has 0 aliphatic carbocycles. The average Bonchev–Trinajstić information content (AvgIpc) is 3.17. The largest absolute Gasteiger partial charge is 0.319 e. The van der Waals surface area contributed by atoms with Crippen LogP contribution in [0.25, 0.3) is 11.4 Å². The molecule has 0 atom stereocenters. The first kappa shape index (κ1) is 16.3. The molecule has 3 aromatic heterocycles. The molecule has 1 aliphatic heterocycles. The van der Waals surface area contributed by atoms with E-state index in [9.17, 15) is 4.79 Å². The summed E-state index contributed by atoms with van der Waals surface area (Å²) in [5.41, 5.74) is 2.34. The third kappa shape index (κ3) is 3.45. The third-order valence-corrected chi connectivity index (χ3v) is 4.45. The number of piperidine rings is 1. The number of nitrogens with one attached hydrogen (secondary N) is 3. The van der Waals surface area contributed by atoms with Crippen LogP contribution in [-0.4, -0.2) is 44.1 Å². The Bertz CT molecular complexity index is 870. The summed E-state index contributed by atoms with van der Waals surface area (Å²) in [6.07, 6.45) is 8.46. The lowest BCUT2D eigenvalue weighted by Gasteiger charge is -2.21. The summed E-state index contributed by atoms with van der Waals surface area (Å²) in [6.45, 7) is 1.96. The molecule has 1 fully saturated rings. The zero-order valence-electron chi connectivity index (χ0n) is 14.1. The minimum absolute atomic E-state index is 0.277. The van der Waals surface area contributed by atoms with Gasteiger partial charge in [-0.15, -0.1) is 0 Å². The molecule has 8 nitrogen and oxygen atoms in total. The number of nitrogens with zero attached hydrogens (tertiary/aromatic N) is 4. The van der Waals surface area contributed by atoms with Gasteiger partial charge >= 0.3 is 0 Å². The summed E-state index contributed by atoms with van der Waals surface area (Å²) in [4.78, 5) is 25.6. The molecule has 0 bridgehead atoms. The first-order chi connectivity index (χ1) is 12.8. The Labute approximate surface area is 150 Å². The van der Waals surface area contributed by atoms with Crippen molar-refractivity contribution < 1.29 is 4.79 Å². The zero-order valence-corrected chi connectivity index (χ0v) is 14.1. The van der Waals surface area contributed by atoms with E-state index in [2.05, 4.69) is 35.8 Å². The van der Waals surface area contributed by atoms with E-state index in [1.54, 1.807) is 24.8 Å². The predicted octanol–water partition coefficient (Wildman–Crippen LogP) is 1.98. The van der Waals surface area contributed by atoms with Gasteiger partial charge in [0, 0.05) is 24.5 Å². The van der Waals surface area contributed by atoms with Crippen LogP contribution in [-0.2, 0) is 0 Å². The summed E-state index contributed by atoms with van der Waals surface area (Å²) in [5, 5.41) is 13.0. The molecule has 4 heterocycles. The van der Waals surface area contributed by atoms with Crippen molar-refractivity contribution in [2.75, 3.05) is 18.4 Å². The average molecular weight is 349 g/mol. The molecule has 26 heavy (non-hydrogen) atoms. The van der Waals surface area contributed by atoms with Gasteiger partial charge in [-0.2, -0.15) is 5.10 Å². The van der Waals surface area contributed by atoms with E-state index in [4.69, 9.17) is 0 Å². The Hall–Kier alpha value is -3.13. The van der Waals surface area contributed by atoms with Gasteiger partial charge in [0.05, 0.1) is 23.1 Å². The number of amides is 1. The molecule has 8 heteroatoms. The van der Waals surface area contributed by atoms with Crippen molar-refractivity contribution in [2.24, 2.45) is 0 Å². The van der Waals surface area contributed by atoms with E-state index >= 15 is 0 Å². The van der Waals surface area contributed by atoms with Crippen LogP contribution in [0.4, 0.5) is 5.69 Å². The molecule has 0 radical (unpaired) electrons. The summed E-state index contributed by atoms with van der Waals surface area (Å²) in [5.74, 6) is 0.888. The number of aromatic nitrogens is 5. The van der Waals surface area contributed by atoms with Crippen LogP contribution in [0.15, 0.2) is 43.0 Å². The Morgan fingerprint density at radius 3 is 2.62 bits per heavy atom. The highest BCUT2D eigenvalue weighted by Gasteiger charge is 2.19. The van der Waals surface area contributed by atoms with Crippen molar-refractivity contribution in [3.05, 3.63) is 54.4 Å². The van der Waals surface area contributed by atoms with Crippen LogP contribution < -0.4 is 10.6 Å². The zero-order chi connectivity index (χ0) is 17.8. The van der Waals surface area contributed by atoms with Gasteiger partial charge in [0.15, 0.2) is 0 Å². The van der Waals surface area contributed by atoms with Crippen LogP contribution in [0.1, 0.15) is 34.9 Å². The van der Waals surface area contributed by atoms with E-state index in [0.29, 0.717) is 28.6 Å². The molecule has 132 valence electrons. The van der Waals surface area contributed by atoms with Gasteiger partial charge in [-0.05, 0) is 38.1 Å². The highest BCUT2D eigenvalue weighted by Crippen LogP contribution is 2.24. The fourth-order valence-corrected chi connectivity index (χ4v) is 3.03. The number of hydrogen-bond donors (Lipinski definition) is 3. The van der Waals surface area contributed by atoms with Crippen LogP contribution >= 0.6 is 0 Å². The number of rotatable bonds is 4. The van der Waals surface area contributed by atoms with E-state index in [1.807, 2.05) is 18.2 Å². The Morgan fingerprint density at radius 2 is 1.88 bits per heavy atom. The van der Waals surface area contributed by atoms with Crippen LogP contribution in [0.5, 0.6) is 0 Å². The fourth-order valence-electron chi connectivity index (χ4n) is 3.03. The van der Waals surface area contributed by atoms with Gasteiger partial charge in [0.1, 0.15) is 11.5 Å². The smallest absolute Gasteiger partial charge is 0.258 e. The van der Waals surface area contributed by atoms with Gasteiger partial charge in [0.25, 0.3) is 5.91 Å². The monoisotopic (exact) mass is 349 g/mol. The SMILES string of the molecule is O=C(Nc1cn[nH]c1-c1ccccn1)c1cnc(C2CCNCC2)nc1. The van der Waals surface area contributed by atoms with Crippen molar-refractivity contribution in [1.82, 2.24) is 30.5 Å². The first-order valence-electron chi connectivity index (χ1n) is 8.60. The number of carbonyl (C=O) groups excluding carboxylic acids is 1. The molecule has 1 amide bonds. The van der Waals surface area contributed by atoms with Crippen LogP contribution in [0.3, 0.4) is 0 Å². The molecule has 4 rings (SSSR count). The minimum Gasteiger partial charge on any atom is -0.319 e. The molecule has 0 aromatic carbocycles. The first-order valence-corrected chi connectivity index (χ1v) is 8.60. The van der Waals surface area contributed by atoms with Gasteiger partial charge in [-0.1, -0.05) is 6.07 Å². The van der Waals surface area contributed by atoms with Gasteiger partial charge < -0.3 is 10.6 Å². The lowest BCUT2D eigenvalue weighted by molar-refractivity contribution is 0.102. The van der Waals surface area contributed by atoms with Crippen molar-refractivity contribution >= 4 is 11.6 Å². The van der Waals surface area contributed by atoms with Gasteiger partial charge in [-0.3, -0.25) is 14.9 Å². The molecule has 0 spiro atoms. The molecular formula is C18H19N7O. The topological polar surface area (TPSA) is 108 Å². The maximum atomic E-state index is 12.5. The minimum atomic E-state index is -0.277.